The van der Waals surface area contributed by atoms with Crippen molar-refractivity contribution in [3.63, 3.8) is 0 Å². The number of aryl methyl sites for hydroxylation is 1. The van der Waals surface area contributed by atoms with Gasteiger partial charge in [0.1, 0.15) is 0 Å². The summed E-state index contributed by atoms with van der Waals surface area (Å²) in [7, 11) is 0. The molecule has 3 rings (SSSR count). The van der Waals surface area contributed by atoms with Crippen LogP contribution in [0.3, 0.4) is 0 Å². The second kappa shape index (κ2) is 12.4. The summed E-state index contributed by atoms with van der Waals surface area (Å²) < 4.78 is 12.1. The molecular weight excluding hydrogens is 551 g/mol. The molecule has 0 heterocycles. The number of rotatable bonds is 10. The highest BCUT2D eigenvalue weighted by molar-refractivity contribution is 14.1. The maximum atomic E-state index is 12.3. The van der Waals surface area contributed by atoms with Crippen molar-refractivity contribution in [3.05, 3.63) is 51.1 Å². The SMILES string of the molecule is CCOc1cc(/C=N\NC(=O)C(=O)NC2CC2)cc(I)c1OCC(=O)Nc1ccc(CC)cc1. The predicted molar refractivity (Wildman–Crippen MR) is 137 cm³/mol. The van der Waals surface area contributed by atoms with Crippen LogP contribution in [0.5, 0.6) is 11.5 Å². The average molecular weight is 578 g/mol. The first-order valence-electron chi connectivity index (χ1n) is 11.0. The van der Waals surface area contributed by atoms with Crippen LogP contribution in [-0.4, -0.2) is 43.2 Å². The number of hydrogen-bond acceptors (Lipinski definition) is 6. The summed E-state index contributed by atoms with van der Waals surface area (Å²) in [4.78, 5) is 35.8. The maximum Gasteiger partial charge on any atom is 0.329 e. The molecule has 10 heteroatoms. The van der Waals surface area contributed by atoms with Gasteiger partial charge in [0.25, 0.3) is 5.91 Å². The number of nitrogens with zero attached hydrogens (tertiary/aromatic N) is 1. The number of carbonyl (C=O) groups is 3. The first-order valence-corrected chi connectivity index (χ1v) is 12.1. The molecule has 3 N–H and O–H groups in total. The van der Waals surface area contributed by atoms with Gasteiger partial charge in [0.2, 0.25) is 0 Å². The molecular formula is C24H27IN4O5. The second-order valence-electron chi connectivity index (χ2n) is 7.60. The van der Waals surface area contributed by atoms with Gasteiger partial charge in [-0.3, -0.25) is 14.4 Å². The molecule has 0 bridgehead atoms. The Kier molecular flexibility index (Phi) is 9.25. The number of anilines is 1. The fraction of sp³-hybridized carbons (Fsp3) is 0.333. The highest BCUT2D eigenvalue weighted by Crippen LogP contribution is 2.34. The van der Waals surface area contributed by atoms with Crippen molar-refractivity contribution in [2.45, 2.75) is 39.2 Å². The van der Waals surface area contributed by atoms with E-state index in [1.165, 1.54) is 11.8 Å². The first-order chi connectivity index (χ1) is 16.4. The number of amides is 3. The van der Waals surface area contributed by atoms with E-state index >= 15 is 0 Å². The summed E-state index contributed by atoms with van der Waals surface area (Å²) in [6, 6.07) is 11.2. The summed E-state index contributed by atoms with van der Waals surface area (Å²) in [5.41, 5.74) is 4.73. The second-order valence-corrected chi connectivity index (χ2v) is 8.76. The van der Waals surface area contributed by atoms with Crippen molar-refractivity contribution in [2.24, 2.45) is 5.10 Å². The van der Waals surface area contributed by atoms with Gasteiger partial charge in [-0.05, 0) is 84.2 Å². The molecule has 9 nitrogen and oxygen atoms in total. The Balaban J connectivity index is 1.60. The van der Waals surface area contributed by atoms with Crippen molar-refractivity contribution >= 4 is 52.2 Å². The van der Waals surface area contributed by atoms with Crippen LogP contribution < -0.4 is 25.5 Å². The fourth-order valence-corrected chi connectivity index (χ4v) is 3.70. The van der Waals surface area contributed by atoms with Crippen molar-refractivity contribution in [1.29, 1.82) is 0 Å². The van der Waals surface area contributed by atoms with Crippen LogP contribution in [0, 0.1) is 3.57 Å². The number of hydrazone groups is 1. The zero-order valence-electron chi connectivity index (χ0n) is 19.0. The molecule has 1 aliphatic rings. The minimum atomic E-state index is -0.821. The third-order valence-electron chi connectivity index (χ3n) is 4.82. The van der Waals surface area contributed by atoms with Crippen LogP contribution in [0.1, 0.15) is 37.8 Å². The van der Waals surface area contributed by atoms with Crippen LogP contribution >= 0.6 is 22.6 Å². The predicted octanol–water partition coefficient (Wildman–Crippen LogP) is 3.00. The molecule has 0 spiro atoms. The smallest absolute Gasteiger partial charge is 0.329 e. The Morgan fingerprint density at radius 1 is 1.09 bits per heavy atom. The van der Waals surface area contributed by atoms with E-state index in [4.69, 9.17) is 9.47 Å². The molecule has 1 saturated carbocycles. The van der Waals surface area contributed by atoms with Gasteiger partial charge in [-0.2, -0.15) is 5.10 Å². The van der Waals surface area contributed by atoms with E-state index < -0.39 is 11.8 Å². The zero-order chi connectivity index (χ0) is 24.5. The van der Waals surface area contributed by atoms with Crippen molar-refractivity contribution in [2.75, 3.05) is 18.5 Å². The van der Waals surface area contributed by atoms with E-state index in [9.17, 15) is 14.4 Å². The molecule has 3 amide bonds. The molecule has 2 aromatic carbocycles. The molecule has 1 fully saturated rings. The van der Waals surface area contributed by atoms with Crippen LogP contribution in [0.25, 0.3) is 0 Å². The number of halogens is 1. The molecule has 0 aromatic heterocycles. The number of benzene rings is 2. The van der Waals surface area contributed by atoms with Gasteiger partial charge in [-0.25, -0.2) is 5.43 Å². The van der Waals surface area contributed by atoms with Gasteiger partial charge < -0.3 is 20.1 Å². The Labute approximate surface area is 211 Å². The fourth-order valence-electron chi connectivity index (χ4n) is 2.92. The number of ether oxygens (including phenoxy) is 2. The van der Waals surface area contributed by atoms with Crippen LogP contribution in [0.4, 0.5) is 5.69 Å². The average Bonchev–Trinajstić information content (AvgIpc) is 3.63. The van der Waals surface area contributed by atoms with E-state index in [-0.39, 0.29) is 18.6 Å². The molecule has 0 aliphatic heterocycles. The lowest BCUT2D eigenvalue weighted by Crippen LogP contribution is -2.38. The molecule has 34 heavy (non-hydrogen) atoms. The summed E-state index contributed by atoms with van der Waals surface area (Å²) in [5, 5.41) is 9.25. The van der Waals surface area contributed by atoms with E-state index in [1.54, 1.807) is 12.1 Å². The van der Waals surface area contributed by atoms with Gasteiger partial charge in [-0.15, -0.1) is 0 Å². The van der Waals surface area contributed by atoms with Crippen molar-refractivity contribution in [1.82, 2.24) is 10.7 Å². The topological polar surface area (TPSA) is 118 Å². The van der Waals surface area contributed by atoms with Gasteiger partial charge in [0, 0.05) is 11.7 Å². The third kappa shape index (κ3) is 7.72. The maximum absolute atomic E-state index is 12.3. The van der Waals surface area contributed by atoms with Crippen LogP contribution in [0.15, 0.2) is 41.5 Å². The van der Waals surface area contributed by atoms with E-state index in [0.29, 0.717) is 32.9 Å². The molecule has 0 radical (unpaired) electrons. The minimum Gasteiger partial charge on any atom is -0.490 e. The minimum absolute atomic E-state index is 0.0915. The van der Waals surface area contributed by atoms with Gasteiger partial charge in [-0.1, -0.05) is 19.1 Å². The zero-order valence-corrected chi connectivity index (χ0v) is 21.2. The summed E-state index contributed by atoms with van der Waals surface area (Å²) >= 11 is 2.08. The van der Waals surface area contributed by atoms with Crippen molar-refractivity contribution in [3.8, 4) is 11.5 Å². The lowest BCUT2D eigenvalue weighted by molar-refractivity contribution is -0.139. The van der Waals surface area contributed by atoms with E-state index in [1.807, 2.05) is 31.2 Å². The Morgan fingerprint density at radius 2 is 1.82 bits per heavy atom. The lowest BCUT2D eigenvalue weighted by Gasteiger charge is -2.14. The third-order valence-corrected chi connectivity index (χ3v) is 5.63. The molecule has 1 aliphatic carbocycles. The number of hydrogen-bond donors (Lipinski definition) is 3. The summed E-state index contributed by atoms with van der Waals surface area (Å²) in [6.07, 6.45) is 4.12. The summed E-state index contributed by atoms with van der Waals surface area (Å²) in [6.45, 7) is 4.11. The van der Waals surface area contributed by atoms with Gasteiger partial charge in [0.15, 0.2) is 18.1 Å². The first kappa shape index (κ1) is 25.5. The Morgan fingerprint density at radius 3 is 2.47 bits per heavy atom. The molecule has 2 aromatic rings. The quantitative estimate of drug-likeness (QED) is 0.174. The highest BCUT2D eigenvalue weighted by Gasteiger charge is 2.26. The highest BCUT2D eigenvalue weighted by atomic mass is 127. The van der Waals surface area contributed by atoms with Crippen LogP contribution in [-0.2, 0) is 20.8 Å². The lowest BCUT2D eigenvalue weighted by atomic mass is 10.1. The Bertz CT molecular complexity index is 1070. The van der Waals surface area contributed by atoms with Crippen LogP contribution in [0.2, 0.25) is 0 Å². The van der Waals surface area contributed by atoms with Gasteiger partial charge >= 0.3 is 11.8 Å². The number of carbonyl (C=O) groups excluding carboxylic acids is 3. The molecule has 180 valence electrons. The Hall–Kier alpha value is -3.15. The van der Waals surface area contributed by atoms with Gasteiger partial charge in [0.05, 0.1) is 16.4 Å². The van der Waals surface area contributed by atoms with Crippen molar-refractivity contribution < 1.29 is 23.9 Å². The normalized spacial score (nSPS) is 12.8. The molecule has 0 unspecified atom stereocenters. The molecule has 0 saturated heterocycles. The summed E-state index contributed by atoms with van der Waals surface area (Å²) in [5.74, 6) is -0.941. The monoisotopic (exact) mass is 578 g/mol. The largest absolute Gasteiger partial charge is 0.490 e. The van der Waals surface area contributed by atoms with E-state index in [2.05, 4.69) is 50.7 Å². The van der Waals surface area contributed by atoms with E-state index in [0.717, 1.165) is 19.3 Å². The number of nitrogens with one attached hydrogen (secondary N) is 3. The molecule has 0 atom stereocenters. The standard InChI is InChI=1S/C24H27IN4O5/c1-3-15-5-7-17(8-6-15)27-21(30)14-34-22-19(25)11-16(12-20(22)33-4-2)13-26-29-24(32)23(31)28-18-9-10-18/h5-8,11-13,18H,3-4,9-10,14H2,1-2H3,(H,27,30)(H,28,31)(H,29,32)/b26-13-.